The van der Waals surface area contributed by atoms with Crippen LogP contribution in [-0.2, 0) is 5.75 Å². The van der Waals surface area contributed by atoms with Crippen molar-refractivity contribution in [3.63, 3.8) is 0 Å². The Morgan fingerprint density at radius 3 is 2.73 bits per heavy atom. The Bertz CT molecular complexity index is 1000. The summed E-state index contributed by atoms with van der Waals surface area (Å²) in [5.74, 6) is 2.73. The van der Waals surface area contributed by atoms with Gasteiger partial charge in [0, 0.05) is 16.7 Å². The lowest BCUT2D eigenvalue weighted by Gasteiger charge is -2.00. The number of aromatic nitrogens is 3. The summed E-state index contributed by atoms with van der Waals surface area (Å²) in [4.78, 5) is 4.67. The smallest absolute Gasteiger partial charge is 0.277 e. The third-order valence-electron chi connectivity index (χ3n) is 3.73. The Morgan fingerprint density at radius 1 is 1.15 bits per heavy atom. The van der Waals surface area contributed by atoms with Gasteiger partial charge in [-0.2, -0.15) is 0 Å². The van der Waals surface area contributed by atoms with Crippen LogP contribution in [-0.4, -0.2) is 22.3 Å². The van der Waals surface area contributed by atoms with Crippen molar-refractivity contribution in [2.45, 2.75) is 17.9 Å². The van der Waals surface area contributed by atoms with Crippen LogP contribution < -0.4 is 4.74 Å². The Kier molecular flexibility index (Phi) is 4.77. The molecule has 0 spiro atoms. The maximum atomic E-state index is 5.69. The van der Waals surface area contributed by atoms with Crippen LogP contribution in [0.1, 0.15) is 11.5 Å². The number of ether oxygens (including phenoxy) is 1. The number of nitrogens with zero attached hydrogens (tertiary/aromatic N) is 3. The van der Waals surface area contributed by atoms with Crippen molar-refractivity contribution in [3.05, 3.63) is 53.4 Å². The second-order valence-electron chi connectivity index (χ2n) is 5.42. The van der Waals surface area contributed by atoms with Gasteiger partial charge in [-0.05, 0) is 37.3 Å². The van der Waals surface area contributed by atoms with Crippen LogP contribution in [0.2, 0.25) is 0 Å². The molecule has 0 aliphatic carbocycles. The molecule has 0 N–H and O–H groups in total. The molecule has 6 nitrogen and oxygen atoms in total. The molecule has 0 saturated heterocycles. The fraction of sp³-hybridized carbons (Fsp3) is 0.167. The summed E-state index contributed by atoms with van der Waals surface area (Å²) in [5, 5.41) is 11.7. The number of methoxy groups -OCH3 is 1. The standard InChI is InChI=1S/C18H15N3O3S2/c1-11-15(7-8-23-11)16-20-21-18(24-16)26-10-13-9-25-17(19-13)12-3-5-14(22-2)6-4-12/h3-9H,10H2,1-2H3. The Morgan fingerprint density at radius 2 is 2.00 bits per heavy atom. The lowest BCUT2D eigenvalue weighted by Crippen LogP contribution is -1.84. The molecule has 3 heterocycles. The van der Waals surface area contributed by atoms with Crippen molar-refractivity contribution in [1.82, 2.24) is 15.2 Å². The van der Waals surface area contributed by atoms with Crippen LogP contribution in [0, 0.1) is 6.92 Å². The van der Waals surface area contributed by atoms with Crippen LogP contribution in [0.5, 0.6) is 5.75 Å². The number of hydrogen-bond acceptors (Lipinski definition) is 8. The van der Waals surface area contributed by atoms with Gasteiger partial charge in [-0.3, -0.25) is 0 Å². The van der Waals surface area contributed by atoms with E-state index < -0.39 is 0 Å². The summed E-state index contributed by atoms with van der Waals surface area (Å²) < 4.78 is 16.1. The Balaban J connectivity index is 1.42. The number of thioether (sulfide) groups is 1. The first kappa shape index (κ1) is 16.9. The molecule has 0 atom stereocenters. The van der Waals surface area contributed by atoms with Crippen LogP contribution in [0.3, 0.4) is 0 Å². The number of benzene rings is 1. The van der Waals surface area contributed by atoms with Crippen molar-refractivity contribution in [2.24, 2.45) is 0 Å². The van der Waals surface area contributed by atoms with Gasteiger partial charge in [0.05, 0.1) is 24.6 Å². The van der Waals surface area contributed by atoms with Crippen LogP contribution in [0.25, 0.3) is 22.0 Å². The molecular weight excluding hydrogens is 370 g/mol. The van der Waals surface area contributed by atoms with Gasteiger partial charge in [0.2, 0.25) is 0 Å². The molecule has 0 fully saturated rings. The molecule has 4 aromatic rings. The molecule has 0 unspecified atom stereocenters. The van der Waals surface area contributed by atoms with Crippen molar-refractivity contribution in [3.8, 4) is 27.8 Å². The van der Waals surface area contributed by atoms with Gasteiger partial charge >= 0.3 is 0 Å². The molecule has 26 heavy (non-hydrogen) atoms. The van der Waals surface area contributed by atoms with Gasteiger partial charge in [-0.15, -0.1) is 21.5 Å². The fourth-order valence-corrected chi connectivity index (χ4v) is 3.95. The third kappa shape index (κ3) is 3.51. The minimum atomic E-state index is 0.468. The van der Waals surface area contributed by atoms with E-state index in [-0.39, 0.29) is 0 Å². The molecule has 4 rings (SSSR count). The van der Waals surface area contributed by atoms with E-state index in [1.165, 1.54) is 11.8 Å². The quantitative estimate of drug-likeness (QED) is 0.429. The highest BCUT2D eigenvalue weighted by Gasteiger charge is 2.14. The second-order valence-corrected chi connectivity index (χ2v) is 7.21. The monoisotopic (exact) mass is 385 g/mol. The van der Waals surface area contributed by atoms with Gasteiger partial charge in [0.15, 0.2) is 0 Å². The minimum Gasteiger partial charge on any atom is -0.497 e. The lowest BCUT2D eigenvalue weighted by molar-refractivity contribution is 0.415. The molecular formula is C18H15N3O3S2. The molecule has 0 radical (unpaired) electrons. The first-order valence-corrected chi connectivity index (χ1v) is 9.69. The predicted molar refractivity (Wildman–Crippen MR) is 100 cm³/mol. The predicted octanol–water partition coefficient (Wildman–Crippen LogP) is 5.06. The molecule has 1 aromatic carbocycles. The first-order valence-electron chi connectivity index (χ1n) is 7.82. The van der Waals surface area contributed by atoms with E-state index in [0.29, 0.717) is 16.9 Å². The molecule has 8 heteroatoms. The normalized spacial score (nSPS) is 11.0. The molecule has 0 amide bonds. The van der Waals surface area contributed by atoms with E-state index in [4.69, 9.17) is 13.6 Å². The Labute approximate surface area is 158 Å². The molecule has 0 aliphatic rings. The largest absolute Gasteiger partial charge is 0.497 e. The summed E-state index contributed by atoms with van der Waals surface area (Å²) in [6.07, 6.45) is 1.61. The summed E-state index contributed by atoms with van der Waals surface area (Å²) in [6, 6.07) is 9.70. The second kappa shape index (κ2) is 7.35. The lowest BCUT2D eigenvalue weighted by atomic mass is 10.2. The molecule has 132 valence electrons. The molecule has 3 aromatic heterocycles. The average molecular weight is 385 g/mol. The van der Waals surface area contributed by atoms with Gasteiger partial charge in [-0.1, -0.05) is 11.8 Å². The van der Waals surface area contributed by atoms with Crippen molar-refractivity contribution in [1.29, 1.82) is 0 Å². The van der Waals surface area contributed by atoms with Gasteiger partial charge in [-0.25, -0.2) is 4.98 Å². The number of thiazole rings is 1. The minimum absolute atomic E-state index is 0.468. The molecule has 0 bridgehead atoms. The van der Waals surface area contributed by atoms with Gasteiger partial charge in [0.1, 0.15) is 16.5 Å². The topological polar surface area (TPSA) is 74.2 Å². The van der Waals surface area contributed by atoms with Crippen molar-refractivity contribution < 1.29 is 13.6 Å². The summed E-state index contributed by atoms with van der Waals surface area (Å²) in [6.45, 7) is 1.86. The number of aryl methyl sites for hydroxylation is 1. The fourth-order valence-electron chi connectivity index (χ4n) is 2.36. The first-order chi connectivity index (χ1) is 12.7. The van der Waals surface area contributed by atoms with Crippen molar-refractivity contribution in [2.75, 3.05) is 7.11 Å². The summed E-state index contributed by atoms with van der Waals surface area (Å²) >= 11 is 3.08. The maximum Gasteiger partial charge on any atom is 0.277 e. The summed E-state index contributed by atoms with van der Waals surface area (Å²) in [5.41, 5.74) is 2.87. The SMILES string of the molecule is COc1ccc(-c2nc(CSc3nnc(-c4ccoc4C)o3)cs2)cc1. The zero-order valence-electron chi connectivity index (χ0n) is 14.1. The highest BCUT2D eigenvalue weighted by Crippen LogP contribution is 2.30. The van der Waals surface area contributed by atoms with E-state index in [1.54, 1.807) is 24.7 Å². The summed E-state index contributed by atoms with van der Waals surface area (Å²) in [7, 11) is 1.66. The van der Waals surface area contributed by atoms with Gasteiger partial charge in [0.25, 0.3) is 11.1 Å². The van der Waals surface area contributed by atoms with Crippen LogP contribution in [0.15, 0.2) is 56.0 Å². The average Bonchev–Trinajstić information content (AvgIpc) is 3.40. The molecule has 0 saturated carbocycles. The number of rotatable bonds is 6. The van der Waals surface area contributed by atoms with E-state index in [2.05, 4.69) is 15.2 Å². The number of furan rings is 1. The third-order valence-corrected chi connectivity index (χ3v) is 5.52. The van der Waals surface area contributed by atoms with Gasteiger partial charge < -0.3 is 13.6 Å². The molecule has 0 aliphatic heterocycles. The maximum absolute atomic E-state index is 5.69. The zero-order chi connectivity index (χ0) is 17.9. The van der Waals surface area contributed by atoms with Crippen LogP contribution in [0.4, 0.5) is 0 Å². The highest BCUT2D eigenvalue weighted by molar-refractivity contribution is 7.98. The highest BCUT2D eigenvalue weighted by atomic mass is 32.2. The van der Waals surface area contributed by atoms with E-state index in [9.17, 15) is 0 Å². The number of hydrogen-bond donors (Lipinski definition) is 0. The van der Waals surface area contributed by atoms with E-state index >= 15 is 0 Å². The van der Waals surface area contributed by atoms with E-state index in [1.807, 2.05) is 42.6 Å². The Hall–Kier alpha value is -2.58. The zero-order valence-corrected chi connectivity index (χ0v) is 15.8. The van der Waals surface area contributed by atoms with E-state index in [0.717, 1.165) is 33.3 Å². The van der Waals surface area contributed by atoms with Crippen LogP contribution >= 0.6 is 23.1 Å². The van der Waals surface area contributed by atoms with Crippen molar-refractivity contribution >= 4 is 23.1 Å².